The first-order valence-corrected chi connectivity index (χ1v) is 9.00. The minimum absolute atomic E-state index is 0. The number of carbonyl (C=O) groups excluding carboxylic acids is 1. The summed E-state index contributed by atoms with van der Waals surface area (Å²) in [6.07, 6.45) is 2.29. The van der Waals surface area contributed by atoms with Crippen LogP contribution in [0.5, 0.6) is 5.75 Å². The van der Waals surface area contributed by atoms with Crippen molar-refractivity contribution in [3.8, 4) is 5.75 Å². The lowest BCUT2D eigenvalue weighted by atomic mass is 9.95. The first-order valence-electron chi connectivity index (χ1n) is 9.00. The first-order chi connectivity index (χ1) is 11.5. The number of nitrogens with zero attached hydrogens (tertiary/aromatic N) is 1. The SMILES string of the molecule is CCN(CC)CCOc1ccc(C(=O)NC(C)(CN)C2CC2)cc1.Cl.Cl. The number of amides is 1. The van der Waals surface area contributed by atoms with Gasteiger partial charge in [-0.25, -0.2) is 0 Å². The average Bonchev–Trinajstić information content (AvgIpc) is 3.44. The molecule has 1 atom stereocenters. The Hall–Kier alpha value is -1.01. The van der Waals surface area contributed by atoms with Crippen LogP contribution in [-0.2, 0) is 0 Å². The van der Waals surface area contributed by atoms with E-state index in [1.807, 2.05) is 31.2 Å². The van der Waals surface area contributed by atoms with Crippen LogP contribution >= 0.6 is 24.8 Å². The van der Waals surface area contributed by atoms with Gasteiger partial charge in [0.2, 0.25) is 0 Å². The maximum absolute atomic E-state index is 12.4. The number of hydrogen-bond acceptors (Lipinski definition) is 4. The van der Waals surface area contributed by atoms with Crippen molar-refractivity contribution in [3.05, 3.63) is 29.8 Å². The number of likely N-dealkylation sites (N-methyl/N-ethyl adjacent to an activating group) is 1. The summed E-state index contributed by atoms with van der Waals surface area (Å²) in [6.45, 7) is 10.4. The zero-order chi connectivity index (χ0) is 17.6. The molecule has 1 amide bonds. The monoisotopic (exact) mass is 405 g/mol. The van der Waals surface area contributed by atoms with Crippen LogP contribution in [0.25, 0.3) is 0 Å². The molecule has 0 heterocycles. The molecule has 1 saturated carbocycles. The highest BCUT2D eigenvalue weighted by Gasteiger charge is 2.41. The number of rotatable bonds is 10. The van der Waals surface area contributed by atoms with E-state index in [0.29, 0.717) is 24.6 Å². The van der Waals surface area contributed by atoms with Crippen molar-refractivity contribution < 1.29 is 9.53 Å². The second-order valence-corrected chi connectivity index (χ2v) is 6.75. The molecular weight excluding hydrogens is 373 g/mol. The second kappa shape index (κ2) is 11.7. The molecule has 26 heavy (non-hydrogen) atoms. The Morgan fingerprint density at radius 2 is 1.81 bits per heavy atom. The molecule has 1 aliphatic carbocycles. The number of ether oxygens (including phenoxy) is 1. The topological polar surface area (TPSA) is 67.6 Å². The van der Waals surface area contributed by atoms with Gasteiger partial charge < -0.3 is 20.7 Å². The molecule has 0 radical (unpaired) electrons. The highest BCUT2D eigenvalue weighted by Crippen LogP contribution is 2.39. The van der Waals surface area contributed by atoms with Crippen LogP contribution in [0.4, 0.5) is 0 Å². The van der Waals surface area contributed by atoms with Gasteiger partial charge in [0.15, 0.2) is 0 Å². The molecule has 0 saturated heterocycles. The Morgan fingerprint density at radius 3 is 2.27 bits per heavy atom. The third-order valence-electron chi connectivity index (χ3n) is 4.99. The molecule has 7 heteroatoms. The molecule has 0 aliphatic heterocycles. The normalized spacial score (nSPS) is 15.4. The van der Waals surface area contributed by atoms with Gasteiger partial charge in [0.05, 0.1) is 5.54 Å². The van der Waals surface area contributed by atoms with E-state index in [-0.39, 0.29) is 36.3 Å². The molecule has 1 aliphatic rings. The molecule has 3 N–H and O–H groups in total. The number of carbonyl (C=O) groups is 1. The fourth-order valence-corrected chi connectivity index (χ4v) is 2.91. The Labute approximate surface area is 169 Å². The molecule has 1 unspecified atom stereocenters. The van der Waals surface area contributed by atoms with Gasteiger partial charge in [-0.15, -0.1) is 24.8 Å². The number of halogens is 2. The van der Waals surface area contributed by atoms with Crippen LogP contribution in [0.15, 0.2) is 24.3 Å². The van der Waals surface area contributed by atoms with Crippen LogP contribution in [0.1, 0.15) is 44.0 Å². The van der Waals surface area contributed by atoms with Crippen molar-refractivity contribution in [3.63, 3.8) is 0 Å². The van der Waals surface area contributed by atoms with Crippen molar-refractivity contribution in [2.75, 3.05) is 32.8 Å². The standard InChI is InChI=1S/C19H31N3O2.2ClH/c1-4-22(5-2)12-13-24-17-10-6-15(7-11-17)18(23)21-19(3,14-20)16-8-9-16;;/h6-7,10-11,16H,4-5,8-9,12-14,20H2,1-3H3,(H,21,23);2*1H. The predicted octanol–water partition coefficient (Wildman–Crippen LogP) is 3.11. The molecule has 0 bridgehead atoms. The summed E-state index contributed by atoms with van der Waals surface area (Å²) in [5.41, 5.74) is 6.21. The molecule has 0 spiro atoms. The van der Waals surface area contributed by atoms with Crippen molar-refractivity contribution in [1.29, 1.82) is 0 Å². The lowest BCUT2D eigenvalue weighted by Crippen LogP contribution is -2.53. The summed E-state index contributed by atoms with van der Waals surface area (Å²) in [4.78, 5) is 14.7. The van der Waals surface area contributed by atoms with Crippen molar-refractivity contribution >= 4 is 30.7 Å². The van der Waals surface area contributed by atoms with Gasteiger partial charge in [0, 0.05) is 18.7 Å². The van der Waals surface area contributed by atoms with Gasteiger partial charge in [0.1, 0.15) is 12.4 Å². The third-order valence-corrected chi connectivity index (χ3v) is 4.99. The molecule has 2 rings (SSSR count). The van der Waals surface area contributed by atoms with E-state index in [4.69, 9.17) is 10.5 Å². The first kappa shape index (κ1) is 25.0. The van der Waals surface area contributed by atoms with Gasteiger partial charge in [0.25, 0.3) is 5.91 Å². The van der Waals surface area contributed by atoms with Crippen molar-refractivity contribution in [2.45, 2.75) is 39.2 Å². The van der Waals surface area contributed by atoms with Crippen LogP contribution in [0.2, 0.25) is 0 Å². The molecular formula is C19H33Cl2N3O2. The lowest BCUT2D eigenvalue weighted by molar-refractivity contribution is 0.0898. The molecule has 1 aromatic carbocycles. The lowest BCUT2D eigenvalue weighted by Gasteiger charge is -2.29. The maximum Gasteiger partial charge on any atom is 0.251 e. The summed E-state index contributed by atoms with van der Waals surface area (Å²) in [7, 11) is 0. The summed E-state index contributed by atoms with van der Waals surface area (Å²) < 4.78 is 5.75. The third kappa shape index (κ3) is 6.95. The van der Waals surface area contributed by atoms with Crippen molar-refractivity contribution in [2.24, 2.45) is 11.7 Å². The van der Waals surface area contributed by atoms with Crippen LogP contribution in [0, 0.1) is 5.92 Å². The largest absolute Gasteiger partial charge is 0.492 e. The van der Waals surface area contributed by atoms with E-state index in [1.165, 1.54) is 0 Å². The Morgan fingerprint density at radius 1 is 1.23 bits per heavy atom. The molecule has 0 aromatic heterocycles. The van der Waals surface area contributed by atoms with Gasteiger partial charge in [-0.2, -0.15) is 0 Å². The highest BCUT2D eigenvalue weighted by atomic mass is 35.5. The van der Waals surface area contributed by atoms with Crippen LogP contribution in [0.3, 0.4) is 0 Å². The Kier molecular flexibility index (Phi) is 11.2. The number of hydrogen-bond donors (Lipinski definition) is 2. The smallest absolute Gasteiger partial charge is 0.251 e. The van der Waals surface area contributed by atoms with E-state index in [2.05, 4.69) is 24.1 Å². The summed E-state index contributed by atoms with van der Waals surface area (Å²) in [6, 6.07) is 7.33. The van der Waals surface area contributed by atoms with Crippen LogP contribution < -0.4 is 15.8 Å². The van der Waals surface area contributed by atoms with Gasteiger partial charge >= 0.3 is 0 Å². The van der Waals surface area contributed by atoms with Crippen molar-refractivity contribution in [1.82, 2.24) is 10.2 Å². The zero-order valence-corrected chi connectivity index (χ0v) is 17.6. The zero-order valence-electron chi connectivity index (χ0n) is 16.0. The quantitative estimate of drug-likeness (QED) is 0.627. The second-order valence-electron chi connectivity index (χ2n) is 6.75. The molecule has 150 valence electrons. The van der Waals surface area contributed by atoms with E-state index >= 15 is 0 Å². The van der Waals surface area contributed by atoms with E-state index < -0.39 is 0 Å². The fourth-order valence-electron chi connectivity index (χ4n) is 2.91. The minimum atomic E-state index is -0.296. The maximum atomic E-state index is 12.4. The van der Waals surface area contributed by atoms with E-state index in [9.17, 15) is 4.79 Å². The van der Waals surface area contributed by atoms with E-state index in [1.54, 1.807) is 0 Å². The number of benzene rings is 1. The molecule has 1 aromatic rings. The summed E-state index contributed by atoms with van der Waals surface area (Å²) in [5, 5.41) is 3.10. The van der Waals surface area contributed by atoms with E-state index in [0.717, 1.165) is 38.2 Å². The van der Waals surface area contributed by atoms with Gasteiger partial charge in [-0.3, -0.25) is 4.79 Å². The van der Waals surface area contributed by atoms with Crippen LogP contribution in [-0.4, -0.2) is 49.1 Å². The molecule has 5 nitrogen and oxygen atoms in total. The Bertz CT molecular complexity index is 534. The molecule has 1 fully saturated rings. The predicted molar refractivity (Wildman–Crippen MR) is 112 cm³/mol. The average molecular weight is 406 g/mol. The van der Waals surface area contributed by atoms with Gasteiger partial charge in [-0.05, 0) is 63.0 Å². The van der Waals surface area contributed by atoms with Gasteiger partial charge in [-0.1, -0.05) is 13.8 Å². The number of nitrogens with one attached hydrogen (secondary N) is 1. The summed E-state index contributed by atoms with van der Waals surface area (Å²) >= 11 is 0. The minimum Gasteiger partial charge on any atom is -0.492 e. The highest BCUT2D eigenvalue weighted by molar-refractivity contribution is 5.94. The fraction of sp³-hybridized carbons (Fsp3) is 0.632. The number of nitrogens with two attached hydrogens (primary N) is 1. The Balaban J connectivity index is 0.00000312. The summed E-state index contributed by atoms with van der Waals surface area (Å²) in [5.74, 6) is 1.24.